The molecule has 0 saturated heterocycles. The first-order valence-corrected chi connectivity index (χ1v) is 4.21. The monoisotopic (exact) mass is 156 g/mol. The molecule has 2 heteroatoms. The lowest BCUT2D eigenvalue weighted by atomic mass is 10.3. The van der Waals surface area contributed by atoms with Crippen molar-refractivity contribution in [3.8, 4) is 0 Å². The molecule has 1 nitrogen and oxygen atoms in total. The molecule has 0 fully saturated rings. The van der Waals surface area contributed by atoms with Crippen LogP contribution in [0.2, 0.25) is 0 Å². The van der Waals surface area contributed by atoms with E-state index in [0.29, 0.717) is 0 Å². The maximum absolute atomic E-state index is 10.0. The molecule has 0 radical (unpaired) electrons. The van der Waals surface area contributed by atoms with Crippen LogP contribution in [0, 0.1) is 6.92 Å². The van der Waals surface area contributed by atoms with Crippen LogP contribution in [0.25, 0.3) is 0 Å². The molecule has 0 amide bonds. The quantitative estimate of drug-likeness (QED) is 0.571. The Hall–Kier alpha value is -0.630. The zero-order valence-corrected chi connectivity index (χ0v) is 7.37. The van der Waals surface area contributed by atoms with Gasteiger partial charge in [-0.1, -0.05) is 13.8 Å². The summed E-state index contributed by atoms with van der Waals surface area (Å²) in [6.07, 6.45) is 0.865. The zero-order valence-electron chi connectivity index (χ0n) is 6.55. The van der Waals surface area contributed by atoms with Gasteiger partial charge in [0, 0.05) is 15.8 Å². The summed E-state index contributed by atoms with van der Waals surface area (Å²) < 4.78 is 0. The van der Waals surface area contributed by atoms with Crippen molar-refractivity contribution >= 4 is 17.6 Å². The highest BCUT2D eigenvalue weighted by molar-refractivity contribution is 7.10. The van der Waals surface area contributed by atoms with Crippen molar-refractivity contribution in [3.63, 3.8) is 0 Å². The Morgan fingerprint density at radius 1 is 1.50 bits per heavy atom. The van der Waals surface area contributed by atoms with Crippen LogP contribution in [0.1, 0.15) is 29.1 Å². The molecule has 0 unspecified atom stereocenters. The zero-order chi connectivity index (χ0) is 7.98. The predicted molar refractivity (Wildman–Crippen MR) is 45.8 cm³/mol. The summed E-state index contributed by atoms with van der Waals surface area (Å²) in [4.78, 5) is 11.2. The van der Waals surface area contributed by atoms with Gasteiger partial charge in [0.25, 0.3) is 0 Å². The summed E-state index contributed by atoms with van der Waals surface area (Å²) in [5, 5.41) is 1.85. The average Bonchev–Trinajstić information content (AvgIpc) is 2.40. The molecule has 1 rings (SSSR count). The van der Waals surface area contributed by atoms with E-state index in [1.807, 2.05) is 32.2 Å². The minimum absolute atomic E-state index is 0.785. The van der Waals surface area contributed by atoms with Crippen molar-refractivity contribution < 1.29 is 4.79 Å². The van der Waals surface area contributed by atoms with Gasteiger partial charge < -0.3 is 0 Å². The summed E-state index contributed by atoms with van der Waals surface area (Å²) in [6.45, 7) is 5.98. The van der Waals surface area contributed by atoms with E-state index in [1.54, 1.807) is 11.3 Å². The van der Waals surface area contributed by atoms with Crippen molar-refractivity contribution in [1.29, 1.82) is 0 Å². The number of carbonyl (C=O) groups is 1. The van der Waals surface area contributed by atoms with Gasteiger partial charge >= 0.3 is 0 Å². The Morgan fingerprint density at radius 2 is 2.10 bits per heavy atom. The molecule has 1 heterocycles. The third-order valence-corrected chi connectivity index (χ3v) is 1.77. The number of aldehydes is 1. The average molecular weight is 156 g/mol. The van der Waals surface area contributed by atoms with Crippen LogP contribution in [-0.4, -0.2) is 6.29 Å². The van der Waals surface area contributed by atoms with Crippen LogP contribution in [0.4, 0.5) is 0 Å². The number of aryl methyl sites for hydroxylation is 1. The highest BCUT2D eigenvalue weighted by Crippen LogP contribution is 2.09. The van der Waals surface area contributed by atoms with Crippen LogP contribution in [-0.2, 0) is 0 Å². The smallest absolute Gasteiger partial charge is 0.150 e. The molecule has 0 spiro atoms. The lowest BCUT2D eigenvalue weighted by molar-refractivity contribution is 0.112. The Balaban J connectivity index is 0.000000371. The van der Waals surface area contributed by atoms with E-state index in [0.717, 1.165) is 11.8 Å². The van der Waals surface area contributed by atoms with Gasteiger partial charge in [-0.2, -0.15) is 0 Å². The van der Waals surface area contributed by atoms with Gasteiger partial charge in [-0.05, 0) is 13.0 Å². The van der Waals surface area contributed by atoms with Gasteiger partial charge in [0.1, 0.15) is 0 Å². The van der Waals surface area contributed by atoms with Crippen molar-refractivity contribution in [2.75, 3.05) is 0 Å². The van der Waals surface area contributed by atoms with Crippen molar-refractivity contribution in [3.05, 3.63) is 21.9 Å². The van der Waals surface area contributed by atoms with Gasteiger partial charge in [-0.15, -0.1) is 11.3 Å². The van der Waals surface area contributed by atoms with E-state index < -0.39 is 0 Å². The fraction of sp³-hybridized carbons (Fsp3) is 0.375. The van der Waals surface area contributed by atoms with Crippen molar-refractivity contribution in [1.82, 2.24) is 0 Å². The second-order valence-electron chi connectivity index (χ2n) is 1.61. The molecular weight excluding hydrogens is 144 g/mol. The minimum Gasteiger partial charge on any atom is -0.298 e. The first-order valence-electron chi connectivity index (χ1n) is 3.33. The Labute approximate surface area is 65.7 Å². The lowest BCUT2D eigenvalue weighted by Gasteiger charge is -1.70. The summed E-state index contributed by atoms with van der Waals surface area (Å²) in [5.41, 5.74) is 0.785. The lowest BCUT2D eigenvalue weighted by Crippen LogP contribution is -1.66. The van der Waals surface area contributed by atoms with Gasteiger partial charge in [-0.3, -0.25) is 4.79 Å². The third kappa shape index (κ3) is 2.78. The molecule has 0 bridgehead atoms. The first-order chi connectivity index (χ1) is 4.83. The van der Waals surface area contributed by atoms with Crippen LogP contribution in [0.15, 0.2) is 11.4 Å². The number of hydrogen-bond acceptors (Lipinski definition) is 2. The maximum Gasteiger partial charge on any atom is 0.150 e. The van der Waals surface area contributed by atoms with Crippen LogP contribution in [0.3, 0.4) is 0 Å². The SMILES string of the molecule is CC.Cc1cc(C=O)cs1. The van der Waals surface area contributed by atoms with Crippen LogP contribution >= 0.6 is 11.3 Å². The maximum atomic E-state index is 10.0. The van der Waals surface area contributed by atoms with Crippen molar-refractivity contribution in [2.45, 2.75) is 20.8 Å². The van der Waals surface area contributed by atoms with Crippen LogP contribution < -0.4 is 0 Å². The molecule has 10 heavy (non-hydrogen) atoms. The summed E-state index contributed by atoms with van der Waals surface area (Å²) in [5.74, 6) is 0. The van der Waals surface area contributed by atoms with Gasteiger partial charge in [-0.25, -0.2) is 0 Å². The number of hydrogen-bond donors (Lipinski definition) is 0. The molecule has 0 N–H and O–H groups in total. The Kier molecular flexibility index (Phi) is 4.85. The molecule has 56 valence electrons. The van der Waals surface area contributed by atoms with Gasteiger partial charge in [0.15, 0.2) is 6.29 Å². The van der Waals surface area contributed by atoms with E-state index in [1.165, 1.54) is 4.88 Å². The molecular formula is C8H12OS. The second-order valence-corrected chi connectivity index (χ2v) is 2.72. The van der Waals surface area contributed by atoms with E-state index in [-0.39, 0.29) is 0 Å². The van der Waals surface area contributed by atoms with Gasteiger partial charge in [0.05, 0.1) is 0 Å². The molecule has 0 aromatic carbocycles. The minimum atomic E-state index is 0.785. The number of thiophene rings is 1. The molecule has 0 atom stereocenters. The first kappa shape index (κ1) is 9.37. The molecule has 0 saturated carbocycles. The fourth-order valence-electron chi connectivity index (χ4n) is 0.526. The topological polar surface area (TPSA) is 17.1 Å². The molecule has 0 aliphatic heterocycles. The van der Waals surface area contributed by atoms with E-state index in [2.05, 4.69) is 0 Å². The Morgan fingerprint density at radius 3 is 2.30 bits per heavy atom. The normalized spacial score (nSPS) is 7.90. The predicted octanol–water partition coefficient (Wildman–Crippen LogP) is 2.90. The van der Waals surface area contributed by atoms with Crippen molar-refractivity contribution in [2.24, 2.45) is 0 Å². The highest BCUT2D eigenvalue weighted by atomic mass is 32.1. The molecule has 1 aromatic heterocycles. The summed E-state index contributed by atoms with van der Waals surface area (Å²) in [6, 6.07) is 1.87. The Bertz CT molecular complexity index is 191. The highest BCUT2D eigenvalue weighted by Gasteiger charge is 1.89. The third-order valence-electron chi connectivity index (χ3n) is 0.887. The number of carbonyl (C=O) groups excluding carboxylic acids is 1. The molecule has 0 aliphatic carbocycles. The van der Waals surface area contributed by atoms with E-state index in [9.17, 15) is 4.79 Å². The molecule has 0 aliphatic rings. The fourth-order valence-corrected chi connectivity index (χ4v) is 1.18. The summed E-state index contributed by atoms with van der Waals surface area (Å²) in [7, 11) is 0. The standard InChI is InChI=1S/C6H6OS.C2H6/c1-5-2-6(3-7)4-8-5;1-2/h2-4H,1H3;1-2H3. The van der Waals surface area contributed by atoms with E-state index in [4.69, 9.17) is 0 Å². The number of rotatable bonds is 1. The molecule has 1 aromatic rings. The van der Waals surface area contributed by atoms with Crippen LogP contribution in [0.5, 0.6) is 0 Å². The summed E-state index contributed by atoms with van der Waals surface area (Å²) >= 11 is 1.60. The van der Waals surface area contributed by atoms with Gasteiger partial charge in [0.2, 0.25) is 0 Å². The second kappa shape index (κ2) is 5.18. The van der Waals surface area contributed by atoms with E-state index >= 15 is 0 Å². The largest absolute Gasteiger partial charge is 0.298 e.